The lowest BCUT2D eigenvalue weighted by molar-refractivity contribution is -0.119. The molecule has 5 rings (SSSR count). The van der Waals surface area contributed by atoms with Crippen LogP contribution in [0.15, 0.2) is 47.4 Å². The molecule has 1 atom stereocenters. The number of fused-ring (bicyclic) bond motifs is 1. The summed E-state index contributed by atoms with van der Waals surface area (Å²) in [5.74, 6) is 1.19. The third kappa shape index (κ3) is 4.68. The highest BCUT2D eigenvalue weighted by atomic mass is 16.5. The third-order valence-corrected chi connectivity index (χ3v) is 6.01. The van der Waals surface area contributed by atoms with Gasteiger partial charge in [0.2, 0.25) is 5.91 Å². The Kier molecular flexibility index (Phi) is 6.21. The Labute approximate surface area is 208 Å². The number of carbonyl (C=O) groups excluding carboxylic acids is 1. The van der Waals surface area contributed by atoms with Crippen molar-refractivity contribution in [3.05, 3.63) is 54.1 Å². The third-order valence-electron chi connectivity index (χ3n) is 6.01. The minimum absolute atomic E-state index is 0.00694. The summed E-state index contributed by atoms with van der Waals surface area (Å²) in [5.41, 5.74) is 4.62. The van der Waals surface area contributed by atoms with Gasteiger partial charge in [-0.25, -0.2) is 9.97 Å². The zero-order valence-corrected chi connectivity index (χ0v) is 20.3. The van der Waals surface area contributed by atoms with Gasteiger partial charge in [-0.2, -0.15) is 15.0 Å². The summed E-state index contributed by atoms with van der Waals surface area (Å²) in [5, 5.41) is 25.1. The zero-order valence-electron chi connectivity index (χ0n) is 20.3. The van der Waals surface area contributed by atoms with E-state index in [0.29, 0.717) is 22.8 Å². The predicted molar refractivity (Wildman–Crippen MR) is 135 cm³/mol. The molecule has 1 aliphatic carbocycles. The summed E-state index contributed by atoms with van der Waals surface area (Å²) in [7, 11) is 0. The number of aromatic nitrogens is 5. The Bertz CT molecular complexity index is 1510. The molecule has 4 heterocycles. The van der Waals surface area contributed by atoms with Gasteiger partial charge in [-0.05, 0) is 44.7 Å². The summed E-state index contributed by atoms with van der Waals surface area (Å²) in [6, 6.07) is 8.01. The number of amides is 1. The van der Waals surface area contributed by atoms with Crippen LogP contribution in [-0.4, -0.2) is 42.9 Å². The van der Waals surface area contributed by atoms with Crippen LogP contribution in [0.2, 0.25) is 0 Å². The Morgan fingerprint density at radius 1 is 1.22 bits per heavy atom. The standard InChI is InChI=1S/C26H26N8O2/c1-15(2)31-23-10-25(34-26-19(13-30-34)8-17(11-27)12-29-26)28-14-21(23)24-9-22(33-36-24)18-4-6-20(7-5-18)32-16(3)35/h4,8-10,12-15,20H,5-7H2,1-3H3,(H,28,31)(H,32,35)/t20-/m1/s1. The fourth-order valence-corrected chi connectivity index (χ4v) is 4.38. The van der Waals surface area contributed by atoms with Crippen LogP contribution in [0.4, 0.5) is 5.69 Å². The number of hydrogen-bond donors (Lipinski definition) is 2. The summed E-state index contributed by atoms with van der Waals surface area (Å²) in [6.45, 7) is 5.66. The molecular formula is C26H26N8O2. The van der Waals surface area contributed by atoms with Crippen molar-refractivity contribution in [2.24, 2.45) is 0 Å². The first kappa shape index (κ1) is 23.2. The van der Waals surface area contributed by atoms with E-state index < -0.39 is 0 Å². The maximum absolute atomic E-state index is 11.3. The van der Waals surface area contributed by atoms with E-state index >= 15 is 0 Å². The highest BCUT2D eigenvalue weighted by Crippen LogP contribution is 2.34. The molecule has 2 N–H and O–H groups in total. The minimum Gasteiger partial charge on any atom is -0.382 e. The van der Waals surface area contributed by atoms with E-state index in [1.54, 1.807) is 30.1 Å². The molecule has 0 bridgehead atoms. The molecule has 4 aromatic rings. The molecule has 1 amide bonds. The van der Waals surface area contributed by atoms with E-state index in [2.05, 4.69) is 56.8 Å². The number of carbonyl (C=O) groups is 1. The number of rotatable bonds is 6. The van der Waals surface area contributed by atoms with Crippen LogP contribution in [0.3, 0.4) is 0 Å². The predicted octanol–water partition coefficient (Wildman–Crippen LogP) is 4.23. The molecular weight excluding hydrogens is 456 g/mol. The Hall–Kier alpha value is -4.52. The van der Waals surface area contributed by atoms with Crippen molar-refractivity contribution in [2.75, 3.05) is 5.32 Å². The van der Waals surface area contributed by atoms with E-state index in [-0.39, 0.29) is 18.0 Å². The zero-order chi connectivity index (χ0) is 25.2. The van der Waals surface area contributed by atoms with Gasteiger partial charge < -0.3 is 15.2 Å². The molecule has 0 saturated carbocycles. The normalized spacial score (nSPS) is 15.5. The number of nitriles is 1. The van der Waals surface area contributed by atoms with E-state index in [1.807, 2.05) is 12.1 Å². The number of nitrogens with zero attached hydrogens (tertiary/aromatic N) is 6. The van der Waals surface area contributed by atoms with Crippen LogP contribution in [0, 0.1) is 11.3 Å². The second kappa shape index (κ2) is 9.62. The van der Waals surface area contributed by atoms with Crippen molar-refractivity contribution in [1.82, 2.24) is 30.2 Å². The molecule has 1 aliphatic rings. The summed E-state index contributed by atoms with van der Waals surface area (Å²) < 4.78 is 7.39. The van der Waals surface area contributed by atoms with Crippen molar-refractivity contribution in [3.63, 3.8) is 0 Å². The number of anilines is 1. The molecule has 10 heteroatoms. The average molecular weight is 483 g/mol. The maximum Gasteiger partial charge on any atom is 0.217 e. The van der Waals surface area contributed by atoms with Crippen molar-refractivity contribution >= 4 is 28.2 Å². The highest BCUT2D eigenvalue weighted by molar-refractivity contribution is 5.80. The van der Waals surface area contributed by atoms with Gasteiger partial charge in [-0.1, -0.05) is 11.2 Å². The Morgan fingerprint density at radius 3 is 2.81 bits per heavy atom. The summed E-state index contributed by atoms with van der Waals surface area (Å²) >= 11 is 0. The molecule has 0 aromatic carbocycles. The van der Waals surface area contributed by atoms with Crippen molar-refractivity contribution in [2.45, 2.75) is 52.1 Å². The molecule has 0 radical (unpaired) electrons. The van der Waals surface area contributed by atoms with Crippen LogP contribution >= 0.6 is 0 Å². The first-order chi connectivity index (χ1) is 17.4. The monoisotopic (exact) mass is 482 g/mol. The van der Waals surface area contributed by atoms with Gasteiger partial charge in [0.15, 0.2) is 17.2 Å². The largest absolute Gasteiger partial charge is 0.382 e. The van der Waals surface area contributed by atoms with E-state index in [4.69, 9.17) is 9.78 Å². The van der Waals surface area contributed by atoms with Gasteiger partial charge in [-0.3, -0.25) is 4.79 Å². The smallest absolute Gasteiger partial charge is 0.217 e. The minimum atomic E-state index is -0.00694. The Morgan fingerprint density at radius 2 is 2.08 bits per heavy atom. The van der Waals surface area contributed by atoms with Gasteiger partial charge in [0.05, 0.1) is 23.0 Å². The van der Waals surface area contributed by atoms with Crippen molar-refractivity contribution in [1.29, 1.82) is 5.26 Å². The van der Waals surface area contributed by atoms with Crippen LogP contribution in [0.25, 0.3) is 33.7 Å². The van der Waals surface area contributed by atoms with E-state index in [9.17, 15) is 4.79 Å². The first-order valence-electron chi connectivity index (χ1n) is 11.9. The molecule has 0 fully saturated rings. The van der Waals surface area contributed by atoms with Gasteiger partial charge in [-0.15, -0.1) is 0 Å². The highest BCUT2D eigenvalue weighted by Gasteiger charge is 2.21. The van der Waals surface area contributed by atoms with Gasteiger partial charge in [0.25, 0.3) is 0 Å². The van der Waals surface area contributed by atoms with E-state index in [0.717, 1.165) is 47.2 Å². The SMILES string of the molecule is CC(=O)N[C@@H]1CC=C(c2cc(-c3cnc(-n4ncc5cc(C#N)cnc54)cc3NC(C)C)on2)CC1. The molecule has 4 aromatic heterocycles. The molecule has 0 aliphatic heterocycles. The second-order valence-electron chi connectivity index (χ2n) is 9.17. The quantitative estimate of drug-likeness (QED) is 0.417. The lowest BCUT2D eigenvalue weighted by Crippen LogP contribution is -2.33. The van der Waals surface area contributed by atoms with Crippen molar-refractivity contribution in [3.8, 4) is 23.2 Å². The van der Waals surface area contributed by atoms with Gasteiger partial charge in [0, 0.05) is 48.9 Å². The second-order valence-corrected chi connectivity index (χ2v) is 9.17. The molecule has 0 saturated heterocycles. The number of hydrogen-bond acceptors (Lipinski definition) is 8. The molecule has 0 unspecified atom stereocenters. The van der Waals surface area contributed by atoms with Crippen LogP contribution in [0.5, 0.6) is 0 Å². The lowest BCUT2D eigenvalue weighted by atomic mass is 9.93. The van der Waals surface area contributed by atoms with E-state index in [1.165, 1.54) is 6.20 Å². The van der Waals surface area contributed by atoms with Crippen molar-refractivity contribution < 1.29 is 9.32 Å². The fraction of sp³-hybridized carbons (Fsp3) is 0.308. The first-order valence-corrected chi connectivity index (χ1v) is 11.9. The van der Waals surface area contributed by atoms with Gasteiger partial charge in [0.1, 0.15) is 11.8 Å². The molecule has 182 valence electrons. The lowest BCUT2D eigenvalue weighted by Gasteiger charge is -2.21. The molecule has 0 spiro atoms. The topological polar surface area (TPSA) is 135 Å². The summed E-state index contributed by atoms with van der Waals surface area (Å²) in [6.07, 6.45) is 9.51. The maximum atomic E-state index is 11.3. The number of allylic oxidation sites excluding steroid dienone is 1. The fourth-order valence-electron chi connectivity index (χ4n) is 4.38. The van der Waals surface area contributed by atoms with Gasteiger partial charge >= 0.3 is 0 Å². The summed E-state index contributed by atoms with van der Waals surface area (Å²) in [4.78, 5) is 20.4. The molecule has 36 heavy (non-hydrogen) atoms. The van der Waals surface area contributed by atoms with Crippen LogP contribution in [0.1, 0.15) is 51.3 Å². The average Bonchev–Trinajstić information content (AvgIpc) is 3.51. The van der Waals surface area contributed by atoms with Crippen LogP contribution < -0.4 is 10.6 Å². The number of pyridine rings is 2. The Balaban J connectivity index is 1.46. The molecule has 10 nitrogen and oxygen atoms in total. The van der Waals surface area contributed by atoms with Crippen LogP contribution in [-0.2, 0) is 4.79 Å². The number of nitrogens with one attached hydrogen (secondary N) is 2.